The predicted octanol–water partition coefficient (Wildman–Crippen LogP) is 3.16. The Kier molecular flexibility index (Phi) is 4.08. The van der Waals surface area contributed by atoms with Crippen LogP contribution in [0.4, 0.5) is 0 Å². The molecule has 0 aliphatic carbocycles. The summed E-state index contributed by atoms with van der Waals surface area (Å²) in [5, 5.41) is 0.524. The molecule has 0 spiro atoms. The highest BCUT2D eigenvalue weighted by molar-refractivity contribution is 5.79. The minimum Gasteiger partial charge on any atom is -0.485 e. The average Bonchev–Trinajstić information content (AvgIpc) is 2.67. The lowest BCUT2D eigenvalue weighted by Crippen LogP contribution is -2.37. The zero-order valence-electron chi connectivity index (χ0n) is 14.1. The number of esters is 1. The fraction of sp³-hybridized carbons (Fsp3) is 0.200. The van der Waals surface area contributed by atoms with Crippen LogP contribution in [0.3, 0.4) is 0 Å². The Morgan fingerprint density at radius 3 is 2.85 bits per heavy atom. The van der Waals surface area contributed by atoms with Crippen LogP contribution in [0.2, 0.25) is 0 Å². The lowest BCUT2D eigenvalue weighted by Gasteiger charge is -2.25. The molecule has 0 amide bonds. The molecule has 2 heterocycles. The Labute approximate surface area is 148 Å². The van der Waals surface area contributed by atoms with Crippen molar-refractivity contribution in [1.82, 2.24) is 0 Å². The first-order valence-electron chi connectivity index (χ1n) is 8.29. The summed E-state index contributed by atoms with van der Waals surface area (Å²) in [5.41, 5.74) is 1.04. The van der Waals surface area contributed by atoms with Crippen molar-refractivity contribution in [3.05, 3.63) is 58.8 Å². The van der Waals surface area contributed by atoms with Gasteiger partial charge in [0.25, 0.3) is 0 Å². The monoisotopic (exact) mass is 352 g/mol. The highest BCUT2D eigenvalue weighted by Crippen LogP contribution is 2.36. The molecule has 0 saturated carbocycles. The van der Waals surface area contributed by atoms with E-state index in [1.807, 2.05) is 6.07 Å². The SMILES string of the molecule is CCOC(=O)C1COc2ccc(-c3cc(=O)c4ccccc4o3)cc2O1. The quantitative estimate of drug-likeness (QED) is 0.674. The van der Waals surface area contributed by atoms with Gasteiger partial charge >= 0.3 is 5.97 Å². The van der Waals surface area contributed by atoms with Crippen LogP contribution in [0.1, 0.15) is 6.92 Å². The van der Waals surface area contributed by atoms with Crippen LogP contribution in [-0.4, -0.2) is 25.3 Å². The third kappa shape index (κ3) is 2.90. The van der Waals surface area contributed by atoms with Crippen molar-refractivity contribution in [3.63, 3.8) is 0 Å². The van der Waals surface area contributed by atoms with Gasteiger partial charge in [0.1, 0.15) is 18.0 Å². The van der Waals surface area contributed by atoms with Gasteiger partial charge in [0.15, 0.2) is 16.9 Å². The number of fused-ring (bicyclic) bond motifs is 2. The molecule has 0 N–H and O–H groups in total. The second kappa shape index (κ2) is 6.55. The van der Waals surface area contributed by atoms with Crippen molar-refractivity contribution in [2.75, 3.05) is 13.2 Å². The Bertz CT molecular complexity index is 1040. The molecule has 0 radical (unpaired) electrons. The van der Waals surface area contributed by atoms with Crippen LogP contribution < -0.4 is 14.9 Å². The third-order valence-electron chi connectivity index (χ3n) is 4.07. The van der Waals surface area contributed by atoms with E-state index in [0.29, 0.717) is 33.8 Å². The van der Waals surface area contributed by atoms with Crippen LogP contribution >= 0.6 is 0 Å². The van der Waals surface area contributed by atoms with Crippen molar-refractivity contribution >= 4 is 16.9 Å². The third-order valence-corrected chi connectivity index (χ3v) is 4.07. The van der Waals surface area contributed by atoms with Gasteiger partial charge in [0.2, 0.25) is 6.10 Å². The fourth-order valence-corrected chi connectivity index (χ4v) is 2.82. The lowest BCUT2D eigenvalue weighted by molar-refractivity contribution is -0.153. The zero-order chi connectivity index (χ0) is 18.1. The molecule has 26 heavy (non-hydrogen) atoms. The number of hydrogen-bond donors (Lipinski definition) is 0. The lowest BCUT2D eigenvalue weighted by atomic mass is 10.1. The molecule has 132 valence electrons. The summed E-state index contributed by atoms with van der Waals surface area (Å²) in [6, 6.07) is 13.7. The molecular formula is C20H16O6. The Morgan fingerprint density at radius 1 is 1.15 bits per heavy atom. The number of hydrogen-bond acceptors (Lipinski definition) is 6. The standard InChI is InChI=1S/C20H16O6/c1-2-23-20(22)19-11-24-16-8-7-12(9-18(16)26-19)17-10-14(21)13-5-3-4-6-15(13)25-17/h3-10,19H,2,11H2,1H3. The molecule has 4 rings (SSSR count). The molecule has 1 aromatic heterocycles. The number of carbonyl (C=O) groups excluding carboxylic acids is 1. The summed E-state index contributed by atoms with van der Waals surface area (Å²) in [4.78, 5) is 24.2. The number of benzene rings is 2. The highest BCUT2D eigenvalue weighted by atomic mass is 16.6. The smallest absolute Gasteiger partial charge is 0.350 e. The summed E-state index contributed by atoms with van der Waals surface area (Å²) in [7, 11) is 0. The predicted molar refractivity (Wildman–Crippen MR) is 94.5 cm³/mol. The summed E-state index contributed by atoms with van der Waals surface area (Å²) in [6.45, 7) is 2.10. The molecule has 0 saturated heterocycles. The average molecular weight is 352 g/mol. The van der Waals surface area contributed by atoms with Crippen LogP contribution in [-0.2, 0) is 9.53 Å². The summed E-state index contributed by atoms with van der Waals surface area (Å²) in [5.74, 6) is 0.874. The van der Waals surface area contributed by atoms with Crippen molar-refractivity contribution in [1.29, 1.82) is 0 Å². The molecule has 1 aliphatic rings. The first kappa shape index (κ1) is 16.2. The molecule has 6 nitrogen and oxygen atoms in total. The molecule has 1 aliphatic heterocycles. The van der Waals surface area contributed by atoms with Gasteiger partial charge in [-0.25, -0.2) is 4.79 Å². The van der Waals surface area contributed by atoms with Gasteiger partial charge in [-0.2, -0.15) is 0 Å². The maximum absolute atomic E-state index is 12.3. The van der Waals surface area contributed by atoms with E-state index in [4.69, 9.17) is 18.6 Å². The first-order chi connectivity index (χ1) is 12.7. The van der Waals surface area contributed by atoms with E-state index in [1.54, 1.807) is 43.3 Å². The van der Waals surface area contributed by atoms with E-state index in [-0.39, 0.29) is 18.6 Å². The van der Waals surface area contributed by atoms with Gasteiger partial charge in [-0.1, -0.05) is 12.1 Å². The first-order valence-corrected chi connectivity index (χ1v) is 8.29. The molecule has 0 bridgehead atoms. The normalized spacial score (nSPS) is 15.7. The molecule has 3 aromatic rings. The Balaban J connectivity index is 1.71. The maximum Gasteiger partial charge on any atom is 0.350 e. The van der Waals surface area contributed by atoms with Gasteiger partial charge in [0.05, 0.1) is 12.0 Å². The fourth-order valence-electron chi connectivity index (χ4n) is 2.82. The van der Waals surface area contributed by atoms with Crippen LogP contribution in [0, 0.1) is 0 Å². The van der Waals surface area contributed by atoms with Crippen LogP contribution in [0.5, 0.6) is 11.5 Å². The summed E-state index contributed by atoms with van der Waals surface area (Å²) < 4.78 is 22.1. The van der Waals surface area contributed by atoms with Gasteiger partial charge < -0.3 is 18.6 Å². The van der Waals surface area contributed by atoms with Gasteiger partial charge in [0, 0.05) is 11.6 Å². The van der Waals surface area contributed by atoms with E-state index in [9.17, 15) is 9.59 Å². The number of carbonyl (C=O) groups is 1. The Hall–Kier alpha value is -3.28. The molecule has 1 atom stereocenters. The second-order valence-electron chi connectivity index (χ2n) is 5.80. The largest absolute Gasteiger partial charge is 0.485 e. The molecule has 1 unspecified atom stereocenters. The Morgan fingerprint density at radius 2 is 2.00 bits per heavy atom. The van der Waals surface area contributed by atoms with Crippen LogP contribution in [0.15, 0.2) is 57.7 Å². The van der Waals surface area contributed by atoms with Crippen molar-refractivity contribution < 1.29 is 23.4 Å². The van der Waals surface area contributed by atoms with Gasteiger partial charge in [-0.05, 0) is 37.3 Å². The molecule has 6 heteroatoms. The minimum atomic E-state index is -0.818. The van der Waals surface area contributed by atoms with E-state index in [1.165, 1.54) is 6.07 Å². The van der Waals surface area contributed by atoms with Crippen molar-refractivity contribution in [2.24, 2.45) is 0 Å². The van der Waals surface area contributed by atoms with Crippen molar-refractivity contribution in [2.45, 2.75) is 13.0 Å². The van der Waals surface area contributed by atoms with Crippen LogP contribution in [0.25, 0.3) is 22.3 Å². The number of rotatable bonds is 3. The van der Waals surface area contributed by atoms with Gasteiger partial charge in [-0.15, -0.1) is 0 Å². The van der Waals surface area contributed by atoms with E-state index >= 15 is 0 Å². The number of para-hydroxylation sites is 1. The van der Waals surface area contributed by atoms with Gasteiger partial charge in [-0.3, -0.25) is 4.79 Å². The van der Waals surface area contributed by atoms with Crippen molar-refractivity contribution in [3.8, 4) is 22.8 Å². The topological polar surface area (TPSA) is 75.0 Å². The van der Waals surface area contributed by atoms with E-state index in [2.05, 4.69) is 0 Å². The summed E-state index contributed by atoms with van der Waals surface area (Å²) in [6.07, 6.45) is -0.818. The minimum absolute atomic E-state index is 0.0935. The molecule has 0 fully saturated rings. The zero-order valence-corrected chi connectivity index (χ0v) is 14.1. The molecular weight excluding hydrogens is 336 g/mol. The highest BCUT2D eigenvalue weighted by Gasteiger charge is 2.29. The number of ether oxygens (including phenoxy) is 3. The molecule has 2 aromatic carbocycles. The van der Waals surface area contributed by atoms with E-state index in [0.717, 1.165) is 0 Å². The summed E-state index contributed by atoms with van der Waals surface area (Å²) >= 11 is 0. The van der Waals surface area contributed by atoms with E-state index < -0.39 is 12.1 Å². The second-order valence-corrected chi connectivity index (χ2v) is 5.80. The maximum atomic E-state index is 12.3.